The highest BCUT2D eigenvalue weighted by molar-refractivity contribution is 5.93. The van der Waals surface area contributed by atoms with Gasteiger partial charge in [-0.3, -0.25) is 9.48 Å². The minimum Gasteiger partial charge on any atom is -0.337 e. The summed E-state index contributed by atoms with van der Waals surface area (Å²) < 4.78 is 1.88. The normalized spacial score (nSPS) is 11.9. The minimum atomic E-state index is -0.466. The van der Waals surface area contributed by atoms with Gasteiger partial charge in [0.15, 0.2) is 0 Å². The van der Waals surface area contributed by atoms with Crippen LogP contribution in [-0.2, 0) is 11.3 Å². The smallest absolute Gasteiger partial charge is 0.245 e. The molecule has 3 aromatic rings. The zero-order valence-corrected chi connectivity index (χ0v) is 16.5. The summed E-state index contributed by atoms with van der Waals surface area (Å²) in [7, 11) is 0. The lowest BCUT2D eigenvalue weighted by Gasteiger charge is -2.07. The number of amides is 1. The molecule has 1 N–H and O–H groups in total. The topological polar surface area (TPSA) is 70.7 Å². The Morgan fingerprint density at radius 3 is 2.52 bits per heavy atom. The van der Waals surface area contributed by atoms with E-state index in [4.69, 9.17) is 10.4 Å². The number of benzene rings is 2. The standard InChI is InChI=1S/C24H24N4O/c1-2-9-22(16-25)26-23(29)15-14-21-18-28(17-19-10-5-3-6-11-19)27-24(21)20-12-7-4-8-13-20/h3-8,10-15,18,22H,2,9,17H2,1H3,(H,26,29). The van der Waals surface area contributed by atoms with Crippen molar-refractivity contribution in [1.82, 2.24) is 15.1 Å². The van der Waals surface area contributed by atoms with Crippen LogP contribution in [0.2, 0.25) is 0 Å². The van der Waals surface area contributed by atoms with Gasteiger partial charge in [-0.25, -0.2) is 0 Å². The molecule has 0 saturated heterocycles. The molecule has 1 amide bonds. The molecule has 0 fully saturated rings. The van der Waals surface area contributed by atoms with Crippen LogP contribution in [0, 0.1) is 11.3 Å². The third-order valence-corrected chi connectivity index (χ3v) is 4.49. The Kier molecular flexibility index (Phi) is 6.96. The van der Waals surface area contributed by atoms with Crippen LogP contribution in [0.5, 0.6) is 0 Å². The summed E-state index contributed by atoms with van der Waals surface area (Å²) in [5.41, 5.74) is 3.81. The predicted molar refractivity (Wildman–Crippen MR) is 115 cm³/mol. The van der Waals surface area contributed by atoms with Gasteiger partial charge in [0, 0.05) is 23.4 Å². The van der Waals surface area contributed by atoms with Crippen molar-refractivity contribution in [2.75, 3.05) is 0 Å². The highest BCUT2D eigenvalue weighted by Crippen LogP contribution is 2.23. The Morgan fingerprint density at radius 2 is 1.86 bits per heavy atom. The summed E-state index contributed by atoms with van der Waals surface area (Å²) in [6.07, 6.45) is 6.64. The Labute approximate surface area is 171 Å². The number of nitrogens with one attached hydrogen (secondary N) is 1. The lowest BCUT2D eigenvalue weighted by Crippen LogP contribution is -2.32. The molecule has 0 spiro atoms. The summed E-state index contributed by atoms with van der Waals surface area (Å²) in [5, 5.41) is 16.6. The molecule has 3 rings (SSSR count). The molecule has 0 radical (unpaired) electrons. The zero-order chi connectivity index (χ0) is 20.5. The van der Waals surface area contributed by atoms with Crippen LogP contribution < -0.4 is 5.32 Å². The van der Waals surface area contributed by atoms with Crippen molar-refractivity contribution in [2.45, 2.75) is 32.4 Å². The number of rotatable bonds is 8. The number of nitriles is 1. The number of hydrogen-bond acceptors (Lipinski definition) is 3. The van der Waals surface area contributed by atoms with Crippen LogP contribution in [0.25, 0.3) is 17.3 Å². The molecule has 5 heteroatoms. The van der Waals surface area contributed by atoms with E-state index in [0.717, 1.165) is 28.8 Å². The van der Waals surface area contributed by atoms with Gasteiger partial charge in [0.2, 0.25) is 5.91 Å². The Hall–Kier alpha value is -3.65. The molecule has 1 atom stereocenters. The largest absolute Gasteiger partial charge is 0.337 e. The number of carbonyl (C=O) groups is 1. The molecule has 1 aromatic heterocycles. The van der Waals surface area contributed by atoms with E-state index >= 15 is 0 Å². The lowest BCUT2D eigenvalue weighted by atomic mass is 10.1. The van der Waals surface area contributed by atoms with E-state index in [9.17, 15) is 4.79 Å². The van der Waals surface area contributed by atoms with Gasteiger partial charge < -0.3 is 5.32 Å². The summed E-state index contributed by atoms with van der Waals surface area (Å²) in [5.74, 6) is -0.278. The fourth-order valence-electron chi connectivity index (χ4n) is 3.07. The summed E-state index contributed by atoms with van der Waals surface area (Å²) in [6.45, 7) is 2.63. The molecule has 0 bridgehead atoms. The van der Waals surface area contributed by atoms with Crippen LogP contribution >= 0.6 is 0 Å². The third kappa shape index (κ3) is 5.66. The van der Waals surface area contributed by atoms with Gasteiger partial charge in [-0.15, -0.1) is 0 Å². The van der Waals surface area contributed by atoms with E-state index in [1.807, 2.05) is 66.3 Å². The highest BCUT2D eigenvalue weighted by atomic mass is 16.1. The van der Waals surface area contributed by atoms with Gasteiger partial charge in [-0.2, -0.15) is 10.4 Å². The maximum Gasteiger partial charge on any atom is 0.245 e. The first kappa shape index (κ1) is 20.1. The molecule has 5 nitrogen and oxygen atoms in total. The molecule has 1 heterocycles. The maximum atomic E-state index is 12.2. The number of hydrogen-bond donors (Lipinski definition) is 1. The summed E-state index contributed by atoms with van der Waals surface area (Å²) in [6, 6.07) is 21.7. The van der Waals surface area contributed by atoms with Crippen LogP contribution in [-0.4, -0.2) is 21.7 Å². The lowest BCUT2D eigenvalue weighted by molar-refractivity contribution is -0.116. The van der Waals surface area contributed by atoms with E-state index in [1.54, 1.807) is 6.08 Å². The van der Waals surface area contributed by atoms with E-state index in [2.05, 4.69) is 23.5 Å². The Bertz CT molecular complexity index is 1000. The molecule has 0 aliphatic rings. The van der Waals surface area contributed by atoms with Gasteiger partial charge in [-0.1, -0.05) is 74.0 Å². The predicted octanol–water partition coefficient (Wildman–Crippen LogP) is 4.42. The molecule has 0 aliphatic heterocycles. The number of aromatic nitrogens is 2. The quantitative estimate of drug-likeness (QED) is 0.585. The summed E-state index contributed by atoms with van der Waals surface area (Å²) in [4.78, 5) is 12.2. The Balaban J connectivity index is 1.84. The zero-order valence-electron chi connectivity index (χ0n) is 16.5. The van der Waals surface area contributed by atoms with Crippen LogP contribution in [0.15, 0.2) is 72.9 Å². The molecule has 146 valence electrons. The second kappa shape index (κ2) is 10.0. The Morgan fingerprint density at radius 1 is 1.17 bits per heavy atom. The van der Waals surface area contributed by atoms with Crippen molar-refractivity contribution in [2.24, 2.45) is 0 Å². The fourth-order valence-corrected chi connectivity index (χ4v) is 3.07. The van der Waals surface area contributed by atoms with Crippen molar-refractivity contribution < 1.29 is 4.79 Å². The first-order valence-corrected chi connectivity index (χ1v) is 9.74. The van der Waals surface area contributed by atoms with Crippen molar-refractivity contribution in [1.29, 1.82) is 5.26 Å². The first-order valence-electron chi connectivity index (χ1n) is 9.74. The van der Waals surface area contributed by atoms with Crippen molar-refractivity contribution in [3.63, 3.8) is 0 Å². The molecular formula is C24H24N4O. The van der Waals surface area contributed by atoms with Crippen LogP contribution in [0.3, 0.4) is 0 Å². The highest BCUT2D eigenvalue weighted by Gasteiger charge is 2.11. The second-order valence-electron chi connectivity index (χ2n) is 6.79. The monoisotopic (exact) mass is 384 g/mol. The van der Waals surface area contributed by atoms with E-state index in [0.29, 0.717) is 13.0 Å². The molecule has 0 aliphatic carbocycles. The van der Waals surface area contributed by atoms with Crippen LogP contribution in [0.1, 0.15) is 30.9 Å². The van der Waals surface area contributed by atoms with E-state index in [-0.39, 0.29) is 5.91 Å². The SMILES string of the molecule is CCCC(C#N)NC(=O)C=Cc1cn(Cc2ccccc2)nc1-c1ccccc1. The maximum absolute atomic E-state index is 12.2. The molecule has 29 heavy (non-hydrogen) atoms. The van der Waals surface area contributed by atoms with Gasteiger partial charge in [-0.05, 0) is 18.1 Å². The number of nitrogens with zero attached hydrogens (tertiary/aromatic N) is 3. The minimum absolute atomic E-state index is 0.278. The molecular weight excluding hydrogens is 360 g/mol. The van der Waals surface area contributed by atoms with Crippen molar-refractivity contribution in [3.05, 3.63) is 84.1 Å². The average molecular weight is 384 g/mol. The average Bonchev–Trinajstić information content (AvgIpc) is 3.16. The molecule has 0 saturated carbocycles. The van der Waals surface area contributed by atoms with Gasteiger partial charge in [0.1, 0.15) is 6.04 Å². The molecule has 2 aromatic carbocycles. The molecule has 1 unspecified atom stereocenters. The van der Waals surface area contributed by atoms with Gasteiger partial charge >= 0.3 is 0 Å². The first-order chi connectivity index (χ1) is 14.2. The van der Waals surface area contributed by atoms with Crippen LogP contribution in [0.4, 0.5) is 0 Å². The summed E-state index contributed by atoms with van der Waals surface area (Å²) >= 11 is 0. The van der Waals surface area contributed by atoms with E-state index < -0.39 is 6.04 Å². The van der Waals surface area contributed by atoms with Crippen molar-refractivity contribution >= 4 is 12.0 Å². The number of carbonyl (C=O) groups excluding carboxylic acids is 1. The fraction of sp³-hybridized carbons (Fsp3) is 0.208. The third-order valence-electron chi connectivity index (χ3n) is 4.49. The van der Waals surface area contributed by atoms with Crippen molar-refractivity contribution in [3.8, 4) is 17.3 Å². The van der Waals surface area contributed by atoms with E-state index in [1.165, 1.54) is 6.08 Å². The van der Waals surface area contributed by atoms with Gasteiger partial charge in [0.25, 0.3) is 0 Å². The van der Waals surface area contributed by atoms with Gasteiger partial charge in [0.05, 0.1) is 18.3 Å². The second-order valence-corrected chi connectivity index (χ2v) is 6.79.